The molecule has 2 aliphatic heterocycles. The number of imide groups is 1. The second kappa shape index (κ2) is 8.31. The summed E-state index contributed by atoms with van der Waals surface area (Å²) >= 11 is 0. The largest absolute Gasteiger partial charge is 0.352 e. The van der Waals surface area contributed by atoms with Crippen molar-refractivity contribution in [2.45, 2.75) is 24.2 Å². The number of amidine groups is 1. The van der Waals surface area contributed by atoms with Crippen molar-refractivity contribution in [2.24, 2.45) is 4.40 Å². The molecule has 2 N–H and O–H groups in total. The van der Waals surface area contributed by atoms with Gasteiger partial charge >= 0.3 is 0 Å². The molecule has 2 aromatic rings. The molecule has 160 valence electrons. The minimum absolute atomic E-state index is 0.158. The first-order chi connectivity index (χ1) is 14.8. The first-order valence-corrected chi connectivity index (χ1v) is 11.2. The normalized spacial score (nSPS) is 16.8. The Morgan fingerprint density at radius 3 is 2.39 bits per heavy atom. The second-order valence-electron chi connectivity index (χ2n) is 7.16. The molecule has 0 radical (unpaired) electrons. The van der Waals surface area contributed by atoms with Crippen LogP contribution in [0.2, 0.25) is 0 Å². The van der Waals surface area contributed by atoms with Crippen molar-refractivity contribution in [3.05, 3.63) is 59.7 Å². The molecule has 9 nitrogen and oxygen atoms in total. The summed E-state index contributed by atoms with van der Waals surface area (Å²) in [5, 5.41) is 5.74. The number of amides is 3. The van der Waals surface area contributed by atoms with Gasteiger partial charge in [-0.05, 0) is 42.8 Å². The monoisotopic (exact) mass is 440 g/mol. The zero-order valence-corrected chi connectivity index (χ0v) is 17.3. The summed E-state index contributed by atoms with van der Waals surface area (Å²) in [6, 6.07) is 13.1. The Morgan fingerprint density at radius 2 is 1.68 bits per heavy atom. The maximum Gasteiger partial charge on any atom is 0.285 e. The van der Waals surface area contributed by atoms with Gasteiger partial charge in [0.2, 0.25) is 11.8 Å². The van der Waals surface area contributed by atoms with E-state index in [1.165, 1.54) is 11.0 Å². The number of benzene rings is 2. The topological polar surface area (TPSA) is 125 Å². The predicted octanol–water partition coefficient (Wildman–Crippen LogP) is 1.52. The maximum atomic E-state index is 12.3. The molecule has 0 aromatic heterocycles. The molecule has 3 amide bonds. The summed E-state index contributed by atoms with van der Waals surface area (Å²) in [6.07, 6.45) is 1.00. The highest BCUT2D eigenvalue weighted by Gasteiger charge is 2.29. The van der Waals surface area contributed by atoms with E-state index in [0.717, 1.165) is 0 Å². The molecule has 0 spiro atoms. The van der Waals surface area contributed by atoms with Gasteiger partial charge in [0.15, 0.2) is 5.84 Å². The van der Waals surface area contributed by atoms with E-state index in [1.54, 1.807) is 42.5 Å². The van der Waals surface area contributed by atoms with Crippen LogP contribution in [0, 0.1) is 0 Å². The van der Waals surface area contributed by atoms with Crippen LogP contribution in [0.5, 0.6) is 0 Å². The molecule has 1 fully saturated rings. The van der Waals surface area contributed by atoms with Gasteiger partial charge in [-0.2, -0.15) is 8.42 Å². The van der Waals surface area contributed by atoms with E-state index in [4.69, 9.17) is 0 Å². The van der Waals surface area contributed by atoms with Gasteiger partial charge in [-0.15, -0.1) is 4.40 Å². The highest BCUT2D eigenvalue weighted by molar-refractivity contribution is 7.90. The van der Waals surface area contributed by atoms with Crippen molar-refractivity contribution in [1.82, 2.24) is 10.2 Å². The third-order valence-electron chi connectivity index (χ3n) is 5.04. The average Bonchev–Trinajstić information content (AvgIpc) is 3.21. The standard InChI is InChI=1S/C21H20N4O5S/c26-18-10-11-19(27)25(18)13-3-12-22-21(28)14-6-8-15(9-7-14)23-20-16-4-1-2-5-17(16)31(29,30)24-20/h1-2,4-9H,3,10-13H2,(H,22,28)(H,23,24). The van der Waals surface area contributed by atoms with Crippen LogP contribution in [-0.2, 0) is 19.6 Å². The van der Waals surface area contributed by atoms with Crippen molar-refractivity contribution in [2.75, 3.05) is 18.4 Å². The number of fused-ring (bicyclic) bond motifs is 1. The lowest BCUT2D eigenvalue weighted by molar-refractivity contribution is -0.138. The lowest BCUT2D eigenvalue weighted by Crippen LogP contribution is -2.33. The fraction of sp³-hybridized carbons (Fsp3) is 0.238. The van der Waals surface area contributed by atoms with Gasteiger partial charge in [-0.3, -0.25) is 19.3 Å². The first kappa shape index (κ1) is 20.7. The maximum absolute atomic E-state index is 12.3. The predicted molar refractivity (Wildman–Crippen MR) is 113 cm³/mol. The third-order valence-corrected chi connectivity index (χ3v) is 6.38. The molecule has 0 atom stereocenters. The Bertz CT molecular complexity index is 1170. The molecule has 0 saturated carbocycles. The minimum atomic E-state index is -3.71. The fourth-order valence-corrected chi connectivity index (χ4v) is 4.63. The number of sulfonamides is 1. The molecular formula is C21H20N4O5S. The minimum Gasteiger partial charge on any atom is -0.352 e. The third kappa shape index (κ3) is 4.33. The van der Waals surface area contributed by atoms with Crippen molar-refractivity contribution in [3.63, 3.8) is 0 Å². The number of nitrogens with one attached hydrogen (secondary N) is 2. The van der Waals surface area contributed by atoms with Gasteiger partial charge in [0.1, 0.15) is 4.90 Å². The van der Waals surface area contributed by atoms with Crippen LogP contribution >= 0.6 is 0 Å². The zero-order chi connectivity index (χ0) is 22.0. The number of anilines is 1. The first-order valence-electron chi connectivity index (χ1n) is 9.78. The molecular weight excluding hydrogens is 420 g/mol. The molecule has 0 unspecified atom stereocenters. The number of likely N-dealkylation sites (tertiary alicyclic amines) is 1. The number of carbonyl (C=O) groups is 3. The number of rotatable bonds is 6. The molecule has 0 aliphatic carbocycles. The molecule has 4 rings (SSSR count). The highest BCUT2D eigenvalue weighted by Crippen LogP contribution is 2.26. The van der Waals surface area contributed by atoms with Crippen LogP contribution in [0.4, 0.5) is 5.69 Å². The van der Waals surface area contributed by atoms with Crippen LogP contribution in [0.3, 0.4) is 0 Å². The van der Waals surface area contributed by atoms with Crippen LogP contribution in [0.15, 0.2) is 57.8 Å². The summed E-state index contributed by atoms with van der Waals surface area (Å²) in [7, 11) is -3.71. The van der Waals surface area contributed by atoms with E-state index >= 15 is 0 Å². The van der Waals surface area contributed by atoms with E-state index in [2.05, 4.69) is 15.0 Å². The van der Waals surface area contributed by atoms with Gasteiger partial charge in [0.25, 0.3) is 15.9 Å². The van der Waals surface area contributed by atoms with Crippen molar-refractivity contribution in [1.29, 1.82) is 0 Å². The number of hydrogen-bond donors (Lipinski definition) is 2. The van der Waals surface area contributed by atoms with Gasteiger partial charge in [-0.1, -0.05) is 12.1 Å². The molecule has 2 aromatic carbocycles. The molecule has 1 saturated heterocycles. The Labute approximate surface area is 179 Å². The molecule has 31 heavy (non-hydrogen) atoms. The van der Waals surface area contributed by atoms with Crippen LogP contribution in [0.25, 0.3) is 0 Å². The van der Waals surface area contributed by atoms with Gasteiger partial charge in [-0.25, -0.2) is 0 Å². The summed E-state index contributed by atoms with van der Waals surface area (Å²) in [4.78, 5) is 36.8. The number of carbonyl (C=O) groups excluding carboxylic acids is 3. The smallest absolute Gasteiger partial charge is 0.285 e. The molecule has 2 heterocycles. The Morgan fingerprint density at radius 1 is 1.00 bits per heavy atom. The molecule has 10 heteroatoms. The van der Waals surface area contributed by atoms with Gasteiger partial charge in [0, 0.05) is 42.7 Å². The van der Waals surface area contributed by atoms with Crippen molar-refractivity contribution in [3.8, 4) is 0 Å². The Hall–Kier alpha value is -3.53. The van der Waals surface area contributed by atoms with Crippen LogP contribution in [-0.4, -0.2) is 50.0 Å². The SMILES string of the molecule is O=C(NCCCN1C(=O)CCC1=O)c1ccc(NC2=NS(=O)(=O)c3ccccc32)cc1. The number of nitrogens with zero attached hydrogens (tertiary/aromatic N) is 2. The lowest BCUT2D eigenvalue weighted by atomic mass is 10.1. The summed E-state index contributed by atoms with van der Waals surface area (Å²) in [5.41, 5.74) is 1.52. The zero-order valence-electron chi connectivity index (χ0n) is 16.5. The average molecular weight is 440 g/mol. The van der Waals surface area contributed by atoms with E-state index in [0.29, 0.717) is 36.3 Å². The number of hydrogen-bond acceptors (Lipinski definition) is 6. The Kier molecular flexibility index (Phi) is 5.55. The van der Waals surface area contributed by atoms with Crippen molar-refractivity contribution >= 4 is 39.3 Å². The van der Waals surface area contributed by atoms with Crippen LogP contribution < -0.4 is 10.6 Å². The second-order valence-corrected chi connectivity index (χ2v) is 8.73. The van der Waals surface area contributed by atoms with E-state index in [1.807, 2.05) is 0 Å². The fourth-order valence-electron chi connectivity index (χ4n) is 3.45. The highest BCUT2D eigenvalue weighted by atomic mass is 32.2. The van der Waals surface area contributed by atoms with Crippen LogP contribution in [0.1, 0.15) is 35.2 Å². The van der Waals surface area contributed by atoms with Gasteiger partial charge in [0.05, 0.1) is 0 Å². The van der Waals surface area contributed by atoms with Gasteiger partial charge < -0.3 is 10.6 Å². The van der Waals surface area contributed by atoms with E-state index < -0.39 is 10.0 Å². The summed E-state index contributed by atoms with van der Waals surface area (Å²) < 4.78 is 28.0. The summed E-state index contributed by atoms with van der Waals surface area (Å²) in [5.74, 6) is -0.376. The summed E-state index contributed by atoms with van der Waals surface area (Å²) in [6.45, 7) is 0.634. The lowest BCUT2D eigenvalue weighted by Gasteiger charge is -2.13. The van der Waals surface area contributed by atoms with Crippen molar-refractivity contribution < 1.29 is 22.8 Å². The van der Waals surface area contributed by atoms with E-state index in [9.17, 15) is 22.8 Å². The van der Waals surface area contributed by atoms with E-state index in [-0.39, 0.29) is 41.3 Å². The quantitative estimate of drug-likeness (QED) is 0.518. The molecule has 2 aliphatic rings. The Balaban J connectivity index is 1.32. The molecule has 0 bridgehead atoms.